The average molecular weight is 457 g/mol. The number of hydrogen-bond acceptors (Lipinski definition) is 4. The molecule has 0 radical (unpaired) electrons. The minimum Gasteiger partial charge on any atom is -0.497 e. The van der Waals surface area contributed by atoms with Gasteiger partial charge >= 0.3 is 0 Å². The predicted octanol–water partition coefficient (Wildman–Crippen LogP) is 4.47. The second kappa shape index (κ2) is 8.59. The van der Waals surface area contributed by atoms with Crippen LogP contribution < -0.4 is 20.8 Å². The Kier molecular flexibility index (Phi) is 5.92. The van der Waals surface area contributed by atoms with Crippen molar-refractivity contribution >= 4 is 26.7 Å². The van der Waals surface area contributed by atoms with Gasteiger partial charge in [0.1, 0.15) is 11.5 Å². The van der Waals surface area contributed by atoms with Crippen LogP contribution in [0.4, 0.5) is 0 Å². The summed E-state index contributed by atoms with van der Waals surface area (Å²) in [5.74, 6) is 1.58. The highest BCUT2D eigenvalue weighted by molar-refractivity contribution is 9.10. The normalized spacial score (nSPS) is 19.3. The van der Waals surface area contributed by atoms with E-state index in [4.69, 9.17) is 15.2 Å². The molecule has 0 amide bonds. The van der Waals surface area contributed by atoms with Crippen molar-refractivity contribution < 1.29 is 9.47 Å². The van der Waals surface area contributed by atoms with Crippen molar-refractivity contribution in [2.45, 2.75) is 44.4 Å². The summed E-state index contributed by atoms with van der Waals surface area (Å²) in [6.45, 7) is 0.511. The molecule has 0 aliphatic heterocycles. The van der Waals surface area contributed by atoms with E-state index in [2.05, 4.69) is 15.9 Å². The van der Waals surface area contributed by atoms with E-state index in [1.165, 1.54) is 0 Å². The van der Waals surface area contributed by atoms with Crippen LogP contribution in [0.2, 0.25) is 0 Å². The summed E-state index contributed by atoms with van der Waals surface area (Å²) in [5.41, 5.74) is 7.01. The molecule has 1 saturated carbocycles. The predicted molar refractivity (Wildman–Crippen MR) is 119 cm³/mol. The average Bonchev–Trinajstić information content (AvgIpc) is 2.73. The fraction of sp³-hybridized carbons (Fsp3) is 0.348. The molecule has 6 heteroatoms. The molecule has 2 aromatic carbocycles. The number of aromatic nitrogens is 1. The lowest BCUT2D eigenvalue weighted by Crippen LogP contribution is -2.31. The highest BCUT2D eigenvalue weighted by Gasteiger charge is 2.21. The first-order chi connectivity index (χ1) is 14.0. The molecule has 4 rings (SSSR count). The summed E-state index contributed by atoms with van der Waals surface area (Å²) in [7, 11) is 1.64. The molecule has 1 aliphatic carbocycles. The SMILES string of the molecule is COc1ccc(Cn2ccc3cc(OC4CCC(N)CC4)c(Br)cc3c2=O)cc1. The first-order valence-electron chi connectivity index (χ1n) is 9.91. The Morgan fingerprint density at radius 2 is 1.83 bits per heavy atom. The molecular weight excluding hydrogens is 432 g/mol. The van der Waals surface area contributed by atoms with Crippen molar-refractivity contribution in [2.24, 2.45) is 5.73 Å². The van der Waals surface area contributed by atoms with Crippen molar-refractivity contribution in [3.05, 3.63) is 69.1 Å². The van der Waals surface area contributed by atoms with Gasteiger partial charge in [0.2, 0.25) is 0 Å². The van der Waals surface area contributed by atoms with Crippen molar-refractivity contribution in [3.8, 4) is 11.5 Å². The van der Waals surface area contributed by atoms with Crippen LogP contribution in [0.5, 0.6) is 11.5 Å². The number of halogens is 1. The smallest absolute Gasteiger partial charge is 0.258 e. The quantitative estimate of drug-likeness (QED) is 0.614. The van der Waals surface area contributed by atoms with Gasteiger partial charge in [0.05, 0.1) is 24.2 Å². The van der Waals surface area contributed by atoms with Crippen LogP contribution in [0.3, 0.4) is 0 Å². The van der Waals surface area contributed by atoms with Gasteiger partial charge in [-0.1, -0.05) is 12.1 Å². The molecule has 1 aromatic heterocycles. The van der Waals surface area contributed by atoms with Crippen molar-refractivity contribution in [1.29, 1.82) is 0 Å². The Labute approximate surface area is 178 Å². The summed E-state index contributed by atoms with van der Waals surface area (Å²) in [5, 5.41) is 1.55. The molecule has 0 atom stereocenters. The van der Waals surface area contributed by atoms with Crippen LogP contribution in [-0.4, -0.2) is 23.8 Å². The number of methoxy groups -OCH3 is 1. The second-order valence-corrected chi connectivity index (χ2v) is 8.48. The minimum atomic E-state index is -0.0193. The minimum absolute atomic E-state index is 0.0193. The second-order valence-electron chi connectivity index (χ2n) is 7.62. The first kappa shape index (κ1) is 20.0. The van der Waals surface area contributed by atoms with E-state index < -0.39 is 0 Å². The number of benzene rings is 2. The maximum atomic E-state index is 13.0. The number of nitrogens with zero attached hydrogens (tertiary/aromatic N) is 1. The Balaban J connectivity index is 1.58. The van der Waals surface area contributed by atoms with E-state index in [-0.39, 0.29) is 11.7 Å². The van der Waals surface area contributed by atoms with E-state index in [1.807, 2.05) is 48.7 Å². The van der Waals surface area contributed by atoms with E-state index in [0.717, 1.165) is 52.6 Å². The van der Waals surface area contributed by atoms with Crippen molar-refractivity contribution in [3.63, 3.8) is 0 Å². The molecule has 5 nitrogen and oxygen atoms in total. The fourth-order valence-electron chi connectivity index (χ4n) is 3.81. The molecule has 0 saturated heterocycles. The van der Waals surface area contributed by atoms with Crippen molar-refractivity contribution in [2.75, 3.05) is 7.11 Å². The van der Waals surface area contributed by atoms with Crippen LogP contribution in [0.1, 0.15) is 31.2 Å². The zero-order valence-corrected chi connectivity index (χ0v) is 18.0. The lowest BCUT2D eigenvalue weighted by molar-refractivity contribution is 0.146. The summed E-state index contributed by atoms with van der Waals surface area (Å²) in [6.07, 6.45) is 5.94. The Bertz CT molecular complexity index is 1050. The number of hydrogen-bond donors (Lipinski definition) is 1. The summed E-state index contributed by atoms with van der Waals surface area (Å²) in [4.78, 5) is 13.0. The standard InChI is InChI=1S/C23H25BrN2O3/c1-28-18-6-2-15(3-7-18)14-26-11-10-16-12-22(21(24)13-20(16)23(26)27)29-19-8-4-17(25)5-9-19/h2-3,6-7,10-13,17,19H,4-5,8-9,14,25H2,1H3. The Hall–Kier alpha value is -2.31. The molecule has 1 aliphatic rings. The molecule has 0 spiro atoms. The third-order valence-corrected chi connectivity index (χ3v) is 6.17. The van der Waals surface area contributed by atoms with Gasteiger partial charge in [-0.3, -0.25) is 4.79 Å². The van der Waals surface area contributed by atoms with E-state index in [0.29, 0.717) is 18.0 Å². The van der Waals surface area contributed by atoms with Gasteiger partial charge in [-0.25, -0.2) is 0 Å². The Morgan fingerprint density at radius 1 is 1.10 bits per heavy atom. The monoisotopic (exact) mass is 456 g/mol. The molecule has 2 N–H and O–H groups in total. The van der Waals surface area contributed by atoms with E-state index in [9.17, 15) is 4.79 Å². The van der Waals surface area contributed by atoms with Crippen LogP contribution in [0.15, 0.2) is 57.9 Å². The number of pyridine rings is 1. The third-order valence-electron chi connectivity index (χ3n) is 5.55. The molecule has 1 heterocycles. The van der Waals surface area contributed by atoms with Crippen LogP contribution in [0, 0.1) is 0 Å². The van der Waals surface area contributed by atoms with Gasteiger partial charge in [0.25, 0.3) is 5.56 Å². The molecule has 0 unspecified atom stereocenters. The number of ether oxygens (including phenoxy) is 2. The lowest BCUT2D eigenvalue weighted by atomic mass is 9.94. The topological polar surface area (TPSA) is 66.5 Å². The number of nitrogens with two attached hydrogens (primary N) is 1. The summed E-state index contributed by atoms with van der Waals surface area (Å²) < 4.78 is 13.9. The van der Waals surface area contributed by atoms with Crippen LogP contribution >= 0.6 is 15.9 Å². The van der Waals surface area contributed by atoms with Gasteiger partial charge < -0.3 is 19.8 Å². The summed E-state index contributed by atoms with van der Waals surface area (Å²) >= 11 is 3.59. The van der Waals surface area contributed by atoms with Gasteiger partial charge in [0.15, 0.2) is 0 Å². The summed E-state index contributed by atoms with van der Waals surface area (Å²) in [6, 6.07) is 13.8. The van der Waals surface area contributed by atoms with Crippen LogP contribution in [-0.2, 0) is 6.54 Å². The van der Waals surface area contributed by atoms with Gasteiger partial charge in [-0.15, -0.1) is 0 Å². The highest BCUT2D eigenvalue weighted by Crippen LogP contribution is 2.32. The van der Waals surface area contributed by atoms with E-state index >= 15 is 0 Å². The first-order valence-corrected chi connectivity index (χ1v) is 10.7. The van der Waals surface area contributed by atoms with E-state index in [1.54, 1.807) is 11.7 Å². The maximum absolute atomic E-state index is 13.0. The molecule has 3 aromatic rings. The molecule has 29 heavy (non-hydrogen) atoms. The van der Waals surface area contributed by atoms with Gasteiger partial charge in [-0.2, -0.15) is 0 Å². The molecule has 152 valence electrons. The van der Waals surface area contributed by atoms with Crippen LogP contribution in [0.25, 0.3) is 10.8 Å². The highest BCUT2D eigenvalue weighted by atomic mass is 79.9. The zero-order valence-electron chi connectivity index (χ0n) is 16.4. The van der Waals surface area contributed by atoms with Gasteiger partial charge in [0, 0.05) is 17.6 Å². The molecular formula is C23H25BrN2O3. The molecule has 1 fully saturated rings. The fourth-order valence-corrected chi connectivity index (χ4v) is 4.25. The van der Waals surface area contributed by atoms with Crippen molar-refractivity contribution in [1.82, 2.24) is 4.57 Å². The number of fused-ring (bicyclic) bond motifs is 1. The lowest BCUT2D eigenvalue weighted by Gasteiger charge is -2.27. The molecule has 0 bridgehead atoms. The number of rotatable bonds is 5. The zero-order chi connectivity index (χ0) is 20.4. The Morgan fingerprint density at radius 3 is 2.52 bits per heavy atom. The third kappa shape index (κ3) is 4.49. The maximum Gasteiger partial charge on any atom is 0.258 e. The van der Waals surface area contributed by atoms with Gasteiger partial charge in [-0.05, 0) is 82.9 Å². The largest absolute Gasteiger partial charge is 0.497 e.